The zero-order valence-corrected chi connectivity index (χ0v) is 42.7. The summed E-state index contributed by atoms with van der Waals surface area (Å²) in [5.74, 6) is -5.12. The molecule has 0 radical (unpaired) electrons. The number of ether oxygens (including phenoxy) is 4. The van der Waals surface area contributed by atoms with Crippen molar-refractivity contribution in [2.75, 3.05) is 62.6 Å². The van der Waals surface area contributed by atoms with E-state index in [1.54, 1.807) is 37.6 Å². The Morgan fingerprint density at radius 1 is 0.946 bits per heavy atom. The topological polar surface area (TPSA) is 189 Å². The van der Waals surface area contributed by atoms with Crippen molar-refractivity contribution in [3.05, 3.63) is 87.9 Å². The molecule has 0 aliphatic carbocycles. The van der Waals surface area contributed by atoms with E-state index >= 15 is 4.39 Å². The van der Waals surface area contributed by atoms with Gasteiger partial charge in [0.15, 0.2) is 10.9 Å². The molecule has 2 saturated heterocycles. The minimum atomic E-state index is -5.34. The molecule has 2 atom stereocenters. The van der Waals surface area contributed by atoms with Gasteiger partial charge in [0.2, 0.25) is 23.6 Å². The van der Waals surface area contributed by atoms with Crippen LogP contribution in [-0.2, 0) is 52.3 Å². The number of nitrogens with one attached hydrogen (secondary N) is 2. The summed E-state index contributed by atoms with van der Waals surface area (Å²) < 4.78 is 121. The number of nitrogens with zero attached hydrogens (tertiary/aromatic N) is 6. The van der Waals surface area contributed by atoms with Gasteiger partial charge in [-0.05, 0) is 80.6 Å². The first-order chi connectivity index (χ1) is 34.8. The second-order valence-corrected chi connectivity index (χ2v) is 19.9. The van der Waals surface area contributed by atoms with Crippen LogP contribution in [0.1, 0.15) is 75.4 Å². The summed E-state index contributed by atoms with van der Waals surface area (Å²) >= 11 is 6.88. The van der Waals surface area contributed by atoms with Crippen molar-refractivity contribution in [2.24, 2.45) is 5.41 Å². The first-order valence-corrected chi connectivity index (χ1v) is 24.3. The van der Waals surface area contributed by atoms with Gasteiger partial charge in [-0.1, -0.05) is 45.0 Å². The minimum absolute atomic E-state index is 0.00857. The predicted molar refractivity (Wildman–Crippen MR) is 260 cm³/mol. The Labute approximate surface area is 431 Å². The van der Waals surface area contributed by atoms with Gasteiger partial charge >= 0.3 is 12.4 Å². The lowest BCUT2D eigenvalue weighted by Gasteiger charge is -2.35. The summed E-state index contributed by atoms with van der Waals surface area (Å²) in [6.45, 7) is 9.49. The highest BCUT2D eigenvalue weighted by Gasteiger charge is 2.53. The molecule has 16 nitrogen and oxygen atoms in total. The Morgan fingerprint density at radius 2 is 1.59 bits per heavy atom. The predicted octanol–water partition coefficient (Wildman–Crippen LogP) is 7.75. The lowest BCUT2D eigenvalue weighted by molar-refractivity contribution is -0.144. The number of thiazole rings is 1. The second kappa shape index (κ2) is 23.5. The van der Waals surface area contributed by atoms with Crippen LogP contribution < -0.4 is 25.2 Å². The highest BCUT2D eigenvalue weighted by atomic mass is 32.1. The van der Waals surface area contributed by atoms with Crippen molar-refractivity contribution in [3.8, 4) is 22.4 Å². The number of hydrogen-bond donors (Lipinski definition) is 2. The molecule has 74 heavy (non-hydrogen) atoms. The van der Waals surface area contributed by atoms with Gasteiger partial charge in [0.1, 0.15) is 42.0 Å². The van der Waals surface area contributed by atoms with Gasteiger partial charge in [-0.3, -0.25) is 24.1 Å². The van der Waals surface area contributed by atoms with Gasteiger partial charge in [0.25, 0.3) is 5.91 Å². The molecule has 4 aromatic rings. The first kappa shape index (κ1) is 57.0. The molecule has 2 aliphatic heterocycles. The number of alkyl halides is 6. The van der Waals surface area contributed by atoms with Gasteiger partial charge < -0.3 is 39.4 Å². The number of likely N-dealkylation sites (tertiary alicyclic amines) is 1. The number of rotatable bonds is 20. The van der Waals surface area contributed by atoms with Crippen LogP contribution in [0, 0.1) is 29.5 Å². The van der Waals surface area contributed by atoms with Crippen molar-refractivity contribution in [1.82, 2.24) is 25.5 Å². The van der Waals surface area contributed by atoms with Gasteiger partial charge in [-0.2, -0.15) is 31.6 Å². The molecule has 0 bridgehead atoms. The van der Waals surface area contributed by atoms with E-state index in [1.807, 2.05) is 31.2 Å². The molecular weight excluding hydrogens is 1030 g/mol. The van der Waals surface area contributed by atoms with E-state index in [-0.39, 0.29) is 58.0 Å². The van der Waals surface area contributed by atoms with E-state index < -0.39 is 98.7 Å². The molecule has 2 aromatic heterocycles. The summed E-state index contributed by atoms with van der Waals surface area (Å²) in [7, 11) is 0. The van der Waals surface area contributed by atoms with E-state index in [4.69, 9.17) is 36.4 Å². The van der Waals surface area contributed by atoms with Crippen LogP contribution in [0.3, 0.4) is 0 Å². The number of anilines is 2. The van der Waals surface area contributed by atoms with Crippen LogP contribution >= 0.6 is 23.6 Å². The Kier molecular flexibility index (Phi) is 18.1. The minimum Gasteiger partial charge on any atom is -0.475 e. The molecule has 4 heterocycles. The molecule has 0 saturated carbocycles. The van der Waals surface area contributed by atoms with Crippen LogP contribution in [0.15, 0.2) is 54.2 Å². The third-order valence-corrected chi connectivity index (χ3v) is 13.3. The van der Waals surface area contributed by atoms with Gasteiger partial charge in [0.05, 0.1) is 78.3 Å². The quantitative estimate of drug-likeness (QED) is 0.0497. The summed E-state index contributed by atoms with van der Waals surface area (Å²) in [6, 6.07) is 9.39. The van der Waals surface area contributed by atoms with Crippen LogP contribution in [0.5, 0.6) is 5.88 Å². The molecule has 2 aromatic carbocycles. The lowest BCUT2D eigenvalue weighted by atomic mass is 9.85. The molecule has 2 unspecified atom stereocenters. The molecule has 2 aliphatic rings. The largest absolute Gasteiger partial charge is 0.475 e. The van der Waals surface area contributed by atoms with E-state index in [9.17, 15) is 45.5 Å². The number of halogens is 7. The fourth-order valence-corrected chi connectivity index (χ4v) is 9.54. The summed E-state index contributed by atoms with van der Waals surface area (Å²) in [4.78, 5) is 65.8. The maximum absolute atomic E-state index is 15.4. The van der Waals surface area contributed by atoms with Crippen molar-refractivity contribution >= 4 is 63.7 Å². The number of thiocarbonyl (C=S) groups is 1. The number of pyridine rings is 1. The molecule has 4 amide bonds. The van der Waals surface area contributed by atoms with Crippen molar-refractivity contribution in [3.63, 3.8) is 0 Å². The molecule has 0 spiro atoms. The van der Waals surface area contributed by atoms with Crippen LogP contribution in [0.25, 0.3) is 10.4 Å². The van der Waals surface area contributed by atoms with E-state index in [0.717, 1.165) is 38.9 Å². The zero-order chi connectivity index (χ0) is 54.3. The van der Waals surface area contributed by atoms with Crippen molar-refractivity contribution < 1.29 is 68.9 Å². The molecule has 2 fully saturated rings. The SMILES string of the molecule is Cc1ncsc1-c1ccc(CNC(=O)C2CCCN2C(=O)C(NC(=O)COCCOCCOCCOc2ncc(N3C(=S)N(c4ccc(C#N)c(C(F)(F)F)c4F)C(=O)C3(C)C)cc2C(F)(F)F)C(C)(C)C)cc1. The van der Waals surface area contributed by atoms with Crippen LogP contribution in [0.4, 0.5) is 42.1 Å². The average Bonchev–Trinajstić information content (AvgIpc) is 4.04. The molecule has 398 valence electrons. The summed E-state index contributed by atoms with van der Waals surface area (Å²) in [5.41, 5.74) is -3.65. The van der Waals surface area contributed by atoms with E-state index in [2.05, 4.69) is 20.6 Å². The smallest absolute Gasteiger partial charge is 0.421 e. The van der Waals surface area contributed by atoms with Crippen LogP contribution in [-0.4, -0.2) is 114 Å². The fraction of sp³-hybridized carbons (Fsp3) is 0.469. The third-order valence-electron chi connectivity index (χ3n) is 12.0. The normalized spacial score (nSPS) is 16.4. The number of nitriles is 1. The highest BCUT2D eigenvalue weighted by molar-refractivity contribution is 7.81. The Hall–Kier alpha value is -6.33. The summed E-state index contributed by atoms with van der Waals surface area (Å²) in [5, 5.41) is 14.2. The average molecular weight is 1080 g/mol. The summed E-state index contributed by atoms with van der Waals surface area (Å²) in [6.07, 6.45) is -8.40. The standard InChI is InChI=1S/C49H53F7N8O8S2/c1-28-39(74-27-60-28)30-11-9-29(10-12-30)24-58-41(66)35-8-7-15-62(35)43(67)40(46(2,3)4)61-36(65)26-71-19-18-69-16-17-70-20-21-72-42-33(48(51,52)53)22-32(25-59-42)64-45(73)63(44(68)47(64,5)6)34-14-13-31(23-57)37(38(34)50)49(54,55)56/h9-14,22,25,27,35,40H,7-8,15-21,24,26H2,1-6H3,(H,58,66)(H,61,65). The number of carbonyl (C=O) groups excluding carboxylic acids is 4. The van der Waals surface area contributed by atoms with E-state index in [0.29, 0.717) is 36.4 Å². The Bertz CT molecular complexity index is 2760. The number of hydrogen-bond acceptors (Lipinski definition) is 13. The first-order valence-electron chi connectivity index (χ1n) is 23.1. The highest BCUT2D eigenvalue weighted by Crippen LogP contribution is 2.44. The van der Waals surface area contributed by atoms with Crippen LogP contribution in [0.2, 0.25) is 0 Å². The maximum Gasteiger partial charge on any atom is 0.421 e. The number of aryl methyl sites for hydroxylation is 1. The maximum atomic E-state index is 15.4. The molecule has 25 heteroatoms. The molecular formula is C49H53F7N8O8S2. The fourth-order valence-electron chi connectivity index (χ4n) is 8.21. The van der Waals surface area contributed by atoms with E-state index in [1.165, 1.54) is 24.8 Å². The number of aromatic nitrogens is 2. The van der Waals surface area contributed by atoms with Crippen molar-refractivity contribution in [2.45, 2.75) is 90.9 Å². The zero-order valence-electron chi connectivity index (χ0n) is 41.0. The van der Waals surface area contributed by atoms with Gasteiger partial charge in [-0.25, -0.2) is 14.4 Å². The van der Waals surface area contributed by atoms with Crippen molar-refractivity contribution in [1.29, 1.82) is 5.26 Å². The van der Waals surface area contributed by atoms with Gasteiger partial charge in [-0.15, -0.1) is 11.3 Å². The second-order valence-electron chi connectivity index (χ2n) is 18.7. The number of benzene rings is 2. The Balaban J connectivity index is 0.914. The third kappa shape index (κ3) is 13.1. The lowest BCUT2D eigenvalue weighted by Crippen LogP contribution is -2.58. The molecule has 6 rings (SSSR count). The molecule has 2 N–H and O–H groups in total. The monoisotopic (exact) mass is 1080 g/mol. The number of amides is 4. The number of carbonyl (C=O) groups is 4. The Morgan fingerprint density at radius 3 is 2.19 bits per heavy atom. The van der Waals surface area contributed by atoms with Gasteiger partial charge in [0, 0.05) is 13.1 Å².